The van der Waals surface area contributed by atoms with Gasteiger partial charge in [-0.25, -0.2) is 9.13 Å². The lowest BCUT2D eigenvalue weighted by Crippen LogP contribution is -2.30. The zero-order valence-electron chi connectivity index (χ0n) is 54.0. The maximum atomic E-state index is 13.0. The number of rotatable bonds is 65. The van der Waals surface area contributed by atoms with Crippen LogP contribution in [0.4, 0.5) is 0 Å². The molecule has 19 heteroatoms. The number of unbranched alkanes of at least 4 members (excludes halogenated alkanes) is 37. The van der Waals surface area contributed by atoms with E-state index in [0.29, 0.717) is 25.7 Å². The van der Waals surface area contributed by atoms with Crippen molar-refractivity contribution in [3.8, 4) is 0 Å². The zero-order chi connectivity index (χ0) is 62.0. The average Bonchev–Trinajstić information content (AvgIpc) is 3.46. The summed E-state index contributed by atoms with van der Waals surface area (Å²) in [7, 11) is -9.88. The molecule has 0 spiro atoms. The second-order valence-corrected chi connectivity index (χ2v) is 26.9. The molecule has 0 bridgehead atoms. The van der Waals surface area contributed by atoms with Gasteiger partial charge in [-0.3, -0.25) is 37.3 Å². The minimum absolute atomic E-state index is 0.106. The number of carbonyl (C=O) groups is 4. The van der Waals surface area contributed by atoms with Crippen LogP contribution in [0.5, 0.6) is 0 Å². The van der Waals surface area contributed by atoms with Gasteiger partial charge in [0.25, 0.3) is 0 Å². The van der Waals surface area contributed by atoms with Crippen molar-refractivity contribution in [1.82, 2.24) is 0 Å². The molecule has 17 nitrogen and oxygen atoms in total. The van der Waals surface area contributed by atoms with Gasteiger partial charge in [-0.05, 0) is 31.6 Å². The van der Waals surface area contributed by atoms with Crippen molar-refractivity contribution in [3.63, 3.8) is 0 Å². The Kier molecular flexibility index (Phi) is 57.4. The molecule has 498 valence electrons. The minimum Gasteiger partial charge on any atom is -0.462 e. The fourth-order valence-electron chi connectivity index (χ4n) is 9.76. The average molecular weight is 1240 g/mol. The van der Waals surface area contributed by atoms with Crippen LogP contribution in [0.3, 0.4) is 0 Å². The first-order valence-electron chi connectivity index (χ1n) is 34.1. The maximum absolute atomic E-state index is 13.0. The maximum Gasteiger partial charge on any atom is 0.472 e. The fraction of sp³-hybridized carbons (Fsp3) is 0.938. The van der Waals surface area contributed by atoms with E-state index < -0.39 is 97.5 Å². The van der Waals surface area contributed by atoms with Crippen LogP contribution in [-0.4, -0.2) is 96.7 Å². The molecule has 0 heterocycles. The van der Waals surface area contributed by atoms with Gasteiger partial charge in [-0.15, -0.1) is 0 Å². The smallest absolute Gasteiger partial charge is 0.462 e. The van der Waals surface area contributed by atoms with E-state index >= 15 is 0 Å². The summed E-state index contributed by atoms with van der Waals surface area (Å²) in [5.41, 5.74) is 0. The molecule has 0 radical (unpaired) electrons. The number of aliphatic hydroxyl groups excluding tert-OH is 1. The lowest BCUT2D eigenvalue weighted by molar-refractivity contribution is -0.161. The quantitative estimate of drug-likeness (QED) is 0.0222. The van der Waals surface area contributed by atoms with Crippen LogP contribution in [0.25, 0.3) is 0 Å². The minimum atomic E-state index is -4.94. The van der Waals surface area contributed by atoms with Gasteiger partial charge in [0.2, 0.25) is 0 Å². The summed E-state index contributed by atoms with van der Waals surface area (Å²) in [5.74, 6) is -1.37. The van der Waals surface area contributed by atoms with E-state index in [0.717, 1.165) is 102 Å². The largest absolute Gasteiger partial charge is 0.472 e. The van der Waals surface area contributed by atoms with E-state index in [-0.39, 0.29) is 25.7 Å². The number of carbonyl (C=O) groups excluding carboxylic acids is 4. The summed E-state index contributed by atoms with van der Waals surface area (Å²) in [6.45, 7) is 7.12. The van der Waals surface area contributed by atoms with Crippen LogP contribution < -0.4 is 0 Å². The van der Waals surface area contributed by atoms with E-state index in [4.69, 9.17) is 37.0 Å². The Hall–Kier alpha value is -1.94. The third-order valence-electron chi connectivity index (χ3n) is 15.0. The van der Waals surface area contributed by atoms with Gasteiger partial charge in [0.1, 0.15) is 19.3 Å². The summed E-state index contributed by atoms with van der Waals surface area (Å²) in [5, 5.41) is 10.5. The van der Waals surface area contributed by atoms with Crippen LogP contribution in [0.1, 0.15) is 330 Å². The highest BCUT2D eigenvalue weighted by Gasteiger charge is 2.30. The lowest BCUT2D eigenvalue weighted by Gasteiger charge is -2.21. The second-order valence-electron chi connectivity index (χ2n) is 24.0. The molecule has 0 aliphatic carbocycles. The molecule has 84 heavy (non-hydrogen) atoms. The van der Waals surface area contributed by atoms with E-state index in [1.54, 1.807) is 0 Å². The molecular weight excluding hydrogens is 1110 g/mol. The first-order valence-corrected chi connectivity index (χ1v) is 37.1. The Morgan fingerprint density at radius 2 is 0.548 bits per heavy atom. The Bertz CT molecular complexity index is 1640. The Morgan fingerprint density at radius 1 is 0.321 bits per heavy atom. The Labute approximate surface area is 511 Å². The molecule has 0 saturated carbocycles. The van der Waals surface area contributed by atoms with Gasteiger partial charge in [0.05, 0.1) is 26.4 Å². The van der Waals surface area contributed by atoms with Crippen molar-refractivity contribution in [2.45, 2.75) is 348 Å². The van der Waals surface area contributed by atoms with Crippen LogP contribution in [0, 0.1) is 5.92 Å². The Morgan fingerprint density at radius 3 is 0.810 bits per heavy atom. The molecule has 0 saturated heterocycles. The number of phosphoric acid groups is 2. The van der Waals surface area contributed by atoms with Gasteiger partial charge in [-0.2, -0.15) is 0 Å². The predicted octanol–water partition coefficient (Wildman–Crippen LogP) is 18.2. The molecule has 5 atom stereocenters. The molecule has 0 amide bonds. The summed E-state index contributed by atoms with van der Waals surface area (Å²) in [6.07, 6.45) is 43.3. The number of phosphoric ester groups is 2. The number of hydrogen-bond donors (Lipinski definition) is 3. The molecule has 0 aliphatic rings. The van der Waals surface area contributed by atoms with Crippen LogP contribution in [-0.2, 0) is 65.4 Å². The van der Waals surface area contributed by atoms with E-state index in [1.165, 1.54) is 148 Å². The second kappa shape index (κ2) is 58.7. The Balaban J connectivity index is 5.17. The summed E-state index contributed by atoms with van der Waals surface area (Å²) in [6, 6.07) is 0. The standard InChI is InChI=1S/C65H126O17P2/c1-6-9-12-15-17-19-21-22-23-27-30-34-39-44-49-63(68)76-55-61(82-65(70)51-46-41-36-32-28-24-26-29-33-38-42-47-58(4)5)57-80-84(73,74)78-53-59(66)52-77-83(71,72)79-56-60(54-75-62(67)48-43-37-14-11-8-3)81-64(69)50-45-40-35-31-25-20-18-16-13-10-7-2/h58-61,66H,6-57H2,1-5H3,(H,71,72)(H,73,74)/t59-,60+,61+/m0/s1. The topological polar surface area (TPSA) is 237 Å². The number of esters is 4. The SMILES string of the molecule is CCCCCCCCCCCCCCCCC(=O)OC[C@H](COP(=O)(O)OC[C@@H](O)COP(=O)(O)OC[C@@H](COC(=O)CCCCCCC)OC(=O)CCCCCCCCCCCCC)OC(=O)CCCCCCCCCCCCCC(C)C. The molecule has 3 N–H and O–H groups in total. The van der Waals surface area contributed by atoms with Crippen molar-refractivity contribution in [3.05, 3.63) is 0 Å². The predicted molar refractivity (Wildman–Crippen MR) is 335 cm³/mol. The first kappa shape index (κ1) is 82.1. The van der Waals surface area contributed by atoms with Crippen molar-refractivity contribution in [2.24, 2.45) is 5.92 Å². The highest BCUT2D eigenvalue weighted by Crippen LogP contribution is 2.45. The monoisotopic (exact) mass is 1240 g/mol. The van der Waals surface area contributed by atoms with Crippen molar-refractivity contribution in [2.75, 3.05) is 39.6 Å². The van der Waals surface area contributed by atoms with Gasteiger partial charge >= 0.3 is 39.5 Å². The van der Waals surface area contributed by atoms with Crippen LogP contribution in [0.2, 0.25) is 0 Å². The fourth-order valence-corrected chi connectivity index (χ4v) is 11.3. The van der Waals surface area contributed by atoms with Crippen LogP contribution >= 0.6 is 15.6 Å². The highest BCUT2D eigenvalue weighted by molar-refractivity contribution is 7.47. The normalized spacial score (nSPS) is 14.2. The summed E-state index contributed by atoms with van der Waals surface area (Å²) >= 11 is 0. The molecule has 0 aromatic carbocycles. The van der Waals surface area contributed by atoms with Gasteiger partial charge in [0, 0.05) is 25.7 Å². The van der Waals surface area contributed by atoms with E-state index in [2.05, 4.69) is 34.6 Å². The van der Waals surface area contributed by atoms with Gasteiger partial charge < -0.3 is 33.8 Å². The third-order valence-corrected chi connectivity index (χ3v) is 16.9. The van der Waals surface area contributed by atoms with Crippen molar-refractivity contribution < 1.29 is 80.2 Å². The van der Waals surface area contributed by atoms with E-state index in [1.807, 2.05) is 0 Å². The van der Waals surface area contributed by atoms with E-state index in [9.17, 15) is 43.2 Å². The van der Waals surface area contributed by atoms with Gasteiger partial charge in [-0.1, -0.05) is 279 Å². The number of aliphatic hydroxyl groups is 1. The summed E-state index contributed by atoms with van der Waals surface area (Å²) < 4.78 is 67.9. The molecule has 0 aromatic rings. The van der Waals surface area contributed by atoms with Crippen LogP contribution in [0.15, 0.2) is 0 Å². The van der Waals surface area contributed by atoms with Crippen molar-refractivity contribution >= 4 is 39.5 Å². The molecule has 0 aromatic heterocycles. The molecule has 0 aliphatic heterocycles. The number of hydrogen-bond acceptors (Lipinski definition) is 15. The first-order chi connectivity index (χ1) is 40.5. The third kappa shape index (κ3) is 59.0. The molecule has 0 fully saturated rings. The molecular formula is C65H126O17P2. The number of ether oxygens (including phenoxy) is 4. The molecule has 0 rings (SSSR count). The van der Waals surface area contributed by atoms with Gasteiger partial charge in [0.15, 0.2) is 12.2 Å². The lowest BCUT2D eigenvalue weighted by atomic mass is 10.0. The molecule has 2 unspecified atom stereocenters. The zero-order valence-corrected chi connectivity index (χ0v) is 55.8. The van der Waals surface area contributed by atoms with Crippen molar-refractivity contribution in [1.29, 1.82) is 0 Å². The highest BCUT2D eigenvalue weighted by atomic mass is 31.2. The summed E-state index contributed by atoms with van der Waals surface area (Å²) in [4.78, 5) is 72.0.